The van der Waals surface area contributed by atoms with E-state index >= 15 is 0 Å². The lowest BCUT2D eigenvalue weighted by molar-refractivity contribution is 0.281. The van der Waals surface area contributed by atoms with E-state index in [9.17, 15) is 4.39 Å². The summed E-state index contributed by atoms with van der Waals surface area (Å²) in [5.74, 6) is 1.01. The highest BCUT2D eigenvalue weighted by Gasteiger charge is 2.18. The molecule has 5 heteroatoms. The lowest BCUT2D eigenvalue weighted by Crippen LogP contribution is -2.33. The van der Waals surface area contributed by atoms with Crippen molar-refractivity contribution in [2.45, 2.75) is 26.1 Å². The quantitative estimate of drug-likeness (QED) is 0.912. The number of hydrogen-bond acceptors (Lipinski definition) is 4. The van der Waals surface area contributed by atoms with E-state index in [4.69, 9.17) is 10.5 Å². The van der Waals surface area contributed by atoms with Crippen molar-refractivity contribution in [1.29, 1.82) is 0 Å². The zero-order valence-corrected chi connectivity index (χ0v) is 12.3. The predicted molar refractivity (Wildman–Crippen MR) is 84.8 cm³/mol. The Hall–Kier alpha value is -2.40. The molecule has 1 unspecified atom stereocenters. The van der Waals surface area contributed by atoms with Gasteiger partial charge < -0.3 is 15.8 Å². The summed E-state index contributed by atoms with van der Waals surface area (Å²) >= 11 is 0. The highest BCUT2D eigenvalue weighted by Crippen LogP contribution is 2.32. The molecule has 0 aromatic heterocycles. The minimum Gasteiger partial charge on any atom is -0.481 e. The Morgan fingerprint density at radius 2 is 1.95 bits per heavy atom. The van der Waals surface area contributed by atoms with Crippen LogP contribution in [0.15, 0.2) is 47.5 Å². The summed E-state index contributed by atoms with van der Waals surface area (Å²) in [7, 11) is 0. The van der Waals surface area contributed by atoms with Gasteiger partial charge >= 0.3 is 0 Å². The first-order valence-corrected chi connectivity index (χ1v) is 7.20. The Labute approximate surface area is 128 Å². The van der Waals surface area contributed by atoms with E-state index in [0.29, 0.717) is 18.9 Å². The number of amidine groups is 1. The van der Waals surface area contributed by atoms with Gasteiger partial charge in [0.05, 0.1) is 0 Å². The summed E-state index contributed by atoms with van der Waals surface area (Å²) in [5, 5.41) is 3.28. The average Bonchev–Trinajstić information content (AvgIpc) is 2.49. The number of hydrogen-bond donors (Lipinski definition) is 2. The molecule has 0 spiro atoms. The van der Waals surface area contributed by atoms with Crippen LogP contribution in [0.1, 0.15) is 18.1 Å². The van der Waals surface area contributed by atoms with Gasteiger partial charge in [-0.25, -0.2) is 9.38 Å². The first-order chi connectivity index (χ1) is 10.6. The van der Waals surface area contributed by atoms with E-state index in [-0.39, 0.29) is 11.9 Å². The fourth-order valence-corrected chi connectivity index (χ4v) is 2.34. The van der Waals surface area contributed by atoms with Gasteiger partial charge in [0.25, 0.3) is 0 Å². The molecule has 2 aromatic carbocycles. The highest BCUT2D eigenvalue weighted by molar-refractivity contribution is 5.89. The van der Waals surface area contributed by atoms with Crippen molar-refractivity contribution < 1.29 is 9.13 Å². The molecule has 0 bridgehead atoms. The third-order valence-electron chi connectivity index (χ3n) is 3.54. The number of ether oxygens (including phenoxy) is 1. The maximum Gasteiger partial charge on any atom is 0.153 e. The molecule has 4 nitrogen and oxygen atoms in total. The zero-order chi connectivity index (χ0) is 15.5. The summed E-state index contributed by atoms with van der Waals surface area (Å²) in [6.45, 7) is 3.14. The number of fused-ring (bicyclic) bond motifs is 1. The number of benzene rings is 2. The molecule has 0 aliphatic carbocycles. The fraction of sp³-hybridized carbons (Fsp3) is 0.235. The Bertz CT molecular complexity index is 715. The van der Waals surface area contributed by atoms with Crippen molar-refractivity contribution in [2.75, 3.05) is 0 Å². The van der Waals surface area contributed by atoms with E-state index in [1.54, 1.807) is 6.07 Å². The van der Waals surface area contributed by atoms with Gasteiger partial charge in [-0.1, -0.05) is 18.2 Å². The number of halogens is 1. The van der Waals surface area contributed by atoms with Gasteiger partial charge in [0, 0.05) is 13.1 Å². The number of nitrogens with one attached hydrogen (secondary N) is 1. The second-order valence-corrected chi connectivity index (χ2v) is 5.33. The molecular weight excluding hydrogens is 281 g/mol. The Morgan fingerprint density at radius 1 is 1.18 bits per heavy atom. The SMILES string of the molecule is CC1Oc2ccc(CNCc3cccc(F)c3)cc2N=C1N. The smallest absolute Gasteiger partial charge is 0.153 e. The van der Waals surface area contributed by atoms with Crippen molar-refractivity contribution in [2.24, 2.45) is 10.7 Å². The molecule has 0 saturated carbocycles. The van der Waals surface area contributed by atoms with Crippen molar-refractivity contribution in [3.05, 3.63) is 59.4 Å². The number of nitrogens with two attached hydrogens (primary N) is 1. The van der Waals surface area contributed by atoms with Crippen LogP contribution in [0.5, 0.6) is 5.75 Å². The minimum absolute atomic E-state index is 0.190. The number of rotatable bonds is 4. The lowest BCUT2D eigenvalue weighted by Gasteiger charge is -2.21. The molecule has 0 fully saturated rings. The van der Waals surface area contributed by atoms with Crippen LogP contribution in [-0.4, -0.2) is 11.9 Å². The summed E-state index contributed by atoms with van der Waals surface area (Å²) in [4.78, 5) is 4.36. The number of aliphatic imine (C=N–C) groups is 1. The van der Waals surface area contributed by atoms with Crippen LogP contribution in [0, 0.1) is 5.82 Å². The Kier molecular flexibility index (Phi) is 4.06. The maximum absolute atomic E-state index is 13.1. The topological polar surface area (TPSA) is 59.6 Å². The third kappa shape index (κ3) is 3.26. The predicted octanol–water partition coefficient (Wildman–Crippen LogP) is 2.89. The van der Waals surface area contributed by atoms with Crippen LogP contribution in [0.2, 0.25) is 0 Å². The molecule has 0 saturated heterocycles. The van der Waals surface area contributed by atoms with E-state index in [1.165, 1.54) is 12.1 Å². The highest BCUT2D eigenvalue weighted by atomic mass is 19.1. The monoisotopic (exact) mass is 299 g/mol. The van der Waals surface area contributed by atoms with Crippen LogP contribution in [0.25, 0.3) is 0 Å². The van der Waals surface area contributed by atoms with Gasteiger partial charge in [0.2, 0.25) is 0 Å². The van der Waals surface area contributed by atoms with E-state index in [2.05, 4.69) is 10.3 Å². The summed E-state index contributed by atoms with van der Waals surface area (Å²) in [5.41, 5.74) is 8.55. The molecule has 114 valence electrons. The first kappa shape index (κ1) is 14.5. The van der Waals surface area contributed by atoms with Gasteiger partial charge in [-0.3, -0.25) is 0 Å². The van der Waals surface area contributed by atoms with Crippen LogP contribution in [0.3, 0.4) is 0 Å². The molecule has 3 rings (SSSR count). The second kappa shape index (κ2) is 6.15. The average molecular weight is 299 g/mol. The second-order valence-electron chi connectivity index (χ2n) is 5.33. The Morgan fingerprint density at radius 3 is 2.73 bits per heavy atom. The third-order valence-corrected chi connectivity index (χ3v) is 3.54. The van der Waals surface area contributed by atoms with Crippen molar-refractivity contribution in [3.8, 4) is 5.75 Å². The maximum atomic E-state index is 13.1. The van der Waals surface area contributed by atoms with Crippen LogP contribution >= 0.6 is 0 Å². The molecule has 1 atom stereocenters. The van der Waals surface area contributed by atoms with E-state index < -0.39 is 0 Å². The van der Waals surface area contributed by atoms with Crippen molar-refractivity contribution in [1.82, 2.24) is 5.32 Å². The summed E-state index contributed by atoms with van der Waals surface area (Å²) in [6, 6.07) is 12.4. The fourth-order valence-electron chi connectivity index (χ4n) is 2.34. The van der Waals surface area contributed by atoms with Gasteiger partial charge in [-0.2, -0.15) is 0 Å². The van der Waals surface area contributed by atoms with Gasteiger partial charge in [0.1, 0.15) is 23.1 Å². The van der Waals surface area contributed by atoms with Gasteiger partial charge in [-0.15, -0.1) is 0 Å². The molecular formula is C17H18FN3O. The van der Waals surface area contributed by atoms with Crippen molar-refractivity contribution in [3.63, 3.8) is 0 Å². The van der Waals surface area contributed by atoms with Crippen molar-refractivity contribution >= 4 is 11.5 Å². The zero-order valence-electron chi connectivity index (χ0n) is 12.3. The number of nitrogens with zero attached hydrogens (tertiary/aromatic N) is 1. The molecule has 0 radical (unpaired) electrons. The Balaban J connectivity index is 1.64. The van der Waals surface area contributed by atoms with E-state index in [0.717, 1.165) is 22.6 Å². The van der Waals surface area contributed by atoms with E-state index in [1.807, 2.05) is 31.2 Å². The molecule has 2 aromatic rings. The normalized spacial score (nSPS) is 16.6. The van der Waals surface area contributed by atoms with Crippen LogP contribution in [0.4, 0.5) is 10.1 Å². The standard InChI is InChI=1S/C17H18FN3O/c1-11-17(19)21-15-8-13(5-6-16(15)22-11)10-20-9-12-3-2-4-14(18)7-12/h2-8,11,20H,9-10H2,1H3,(H2,19,21). The molecule has 1 aliphatic rings. The first-order valence-electron chi connectivity index (χ1n) is 7.20. The summed E-state index contributed by atoms with van der Waals surface area (Å²) in [6.07, 6.45) is -0.190. The van der Waals surface area contributed by atoms with Gasteiger partial charge in [0.15, 0.2) is 6.10 Å². The summed E-state index contributed by atoms with van der Waals surface area (Å²) < 4.78 is 18.8. The van der Waals surface area contributed by atoms with Crippen LogP contribution in [-0.2, 0) is 13.1 Å². The molecule has 0 amide bonds. The molecule has 3 N–H and O–H groups in total. The molecule has 22 heavy (non-hydrogen) atoms. The van der Waals surface area contributed by atoms with Crippen LogP contribution < -0.4 is 15.8 Å². The lowest BCUT2D eigenvalue weighted by atomic mass is 10.1. The largest absolute Gasteiger partial charge is 0.481 e. The van der Waals surface area contributed by atoms with Gasteiger partial charge in [-0.05, 0) is 42.3 Å². The molecule has 1 heterocycles. The minimum atomic E-state index is -0.218. The molecule has 1 aliphatic heterocycles.